The van der Waals surface area contributed by atoms with Gasteiger partial charge in [0.15, 0.2) is 11.7 Å². The van der Waals surface area contributed by atoms with Crippen LogP contribution in [-0.2, 0) is 12.0 Å². The lowest BCUT2D eigenvalue weighted by Crippen LogP contribution is -2.43. The Kier molecular flexibility index (Phi) is 6.77. The van der Waals surface area contributed by atoms with E-state index in [2.05, 4.69) is 34.6 Å². The molecule has 0 radical (unpaired) electrons. The predicted molar refractivity (Wildman–Crippen MR) is 103 cm³/mol. The molecule has 2 aromatic rings. The Morgan fingerprint density at radius 3 is 2.62 bits per heavy atom. The lowest BCUT2D eigenvalue weighted by Gasteiger charge is -2.27. The summed E-state index contributed by atoms with van der Waals surface area (Å²) in [6.45, 7) is 11.8. The molecule has 6 heteroatoms. The minimum Gasteiger partial charge on any atom is -0.359 e. The summed E-state index contributed by atoms with van der Waals surface area (Å²) in [5.74, 6) is 1.52. The molecule has 0 unspecified atom stereocenters. The molecule has 2 N–H and O–H groups in total. The van der Waals surface area contributed by atoms with E-state index in [0.717, 1.165) is 18.0 Å². The molecule has 0 bridgehead atoms. The molecular formula is C20H29FN4O. The van der Waals surface area contributed by atoms with Gasteiger partial charge in [-0.3, -0.25) is 0 Å². The van der Waals surface area contributed by atoms with Crippen LogP contribution in [-0.4, -0.2) is 24.2 Å². The number of benzene rings is 1. The van der Waals surface area contributed by atoms with Crippen LogP contribution < -0.4 is 10.6 Å². The first kappa shape index (κ1) is 19.9. The van der Waals surface area contributed by atoms with Gasteiger partial charge >= 0.3 is 0 Å². The third-order valence-electron chi connectivity index (χ3n) is 4.21. The first-order chi connectivity index (χ1) is 12.3. The number of nitrogens with zero attached hydrogens (tertiary/aromatic N) is 2. The summed E-state index contributed by atoms with van der Waals surface area (Å²) in [7, 11) is 0. The second-order valence-corrected chi connectivity index (χ2v) is 7.29. The van der Waals surface area contributed by atoms with Crippen molar-refractivity contribution in [1.82, 2.24) is 15.8 Å². The average molecular weight is 360 g/mol. The molecule has 5 nitrogen and oxygen atoms in total. The summed E-state index contributed by atoms with van der Waals surface area (Å²) in [4.78, 5) is 4.54. The van der Waals surface area contributed by atoms with Crippen molar-refractivity contribution in [2.24, 2.45) is 4.99 Å². The van der Waals surface area contributed by atoms with E-state index >= 15 is 0 Å². The Balaban J connectivity index is 2.03. The number of rotatable bonds is 7. The first-order valence-electron chi connectivity index (χ1n) is 9.06. The van der Waals surface area contributed by atoms with E-state index in [-0.39, 0.29) is 11.2 Å². The molecule has 0 saturated heterocycles. The van der Waals surface area contributed by atoms with Gasteiger partial charge in [-0.2, -0.15) is 0 Å². The molecule has 1 aromatic heterocycles. The minimum atomic E-state index is -0.376. The fourth-order valence-electron chi connectivity index (χ4n) is 2.58. The maximum atomic E-state index is 14.1. The van der Waals surface area contributed by atoms with Crippen molar-refractivity contribution in [1.29, 1.82) is 0 Å². The predicted octanol–water partition coefficient (Wildman–Crippen LogP) is 3.97. The van der Waals surface area contributed by atoms with Crippen LogP contribution in [0.3, 0.4) is 0 Å². The molecule has 0 aliphatic heterocycles. The largest absolute Gasteiger partial charge is 0.359 e. The van der Waals surface area contributed by atoms with Gasteiger partial charge in [0.05, 0.1) is 5.69 Å². The van der Waals surface area contributed by atoms with Gasteiger partial charge in [0.25, 0.3) is 0 Å². The van der Waals surface area contributed by atoms with Gasteiger partial charge in [-0.15, -0.1) is 0 Å². The van der Waals surface area contributed by atoms with Crippen molar-refractivity contribution in [2.75, 3.05) is 13.1 Å². The molecular weight excluding hydrogens is 331 g/mol. The van der Waals surface area contributed by atoms with E-state index in [1.807, 2.05) is 39.0 Å². The van der Waals surface area contributed by atoms with Gasteiger partial charge in [-0.25, -0.2) is 9.38 Å². The molecule has 142 valence electrons. The zero-order valence-electron chi connectivity index (χ0n) is 16.3. The molecule has 0 fully saturated rings. The summed E-state index contributed by atoms with van der Waals surface area (Å²) >= 11 is 0. The molecule has 0 atom stereocenters. The van der Waals surface area contributed by atoms with Crippen LogP contribution in [0.2, 0.25) is 0 Å². The van der Waals surface area contributed by atoms with E-state index in [4.69, 9.17) is 4.52 Å². The average Bonchev–Trinajstić information content (AvgIpc) is 3.07. The Morgan fingerprint density at radius 2 is 2.00 bits per heavy atom. The summed E-state index contributed by atoms with van der Waals surface area (Å²) in [5.41, 5.74) is 1.23. The van der Waals surface area contributed by atoms with E-state index in [9.17, 15) is 4.39 Å². The van der Waals surface area contributed by atoms with Gasteiger partial charge < -0.3 is 15.2 Å². The fraction of sp³-hybridized carbons (Fsp3) is 0.500. The lowest BCUT2D eigenvalue weighted by molar-refractivity contribution is 0.376. The molecule has 0 spiro atoms. The second kappa shape index (κ2) is 8.83. The topological polar surface area (TPSA) is 62.5 Å². The van der Waals surface area contributed by atoms with Gasteiger partial charge in [0.2, 0.25) is 0 Å². The van der Waals surface area contributed by atoms with Gasteiger partial charge in [-0.1, -0.05) is 51.1 Å². The highest BCUT2D eigenvalue weighted by molar-refractivity contribution is 5.79. The van der Waals surface area contributed by atoms with Crippen molar-refractivity contribution in [3.05, 3.63) is 53.2 Å². The minimum absolute atomic E-state index is 0.191. The van der Waals surface area contributed by atoms with E-state index < -0.39 is 0 Å². The molecule has 0 aliphatic rings. The molecule has 1 heterocycles. The first-order valence-corrected chi connectivity index (χ1v) is 9.06. The van der Waals surface area contributed by atoms with Crippen LogP contribution in [0.25, 0.3) is 0 Å². The summed E-state index contributed by atoms with van der Waals surface area (Å²) in [6, 6.07) is 8.81. The summed E-state index contributed by atoms with van der Waals surface area (Å²) in [6.07, 6.45) is 0. The highest BCUT2D eigenvalue weighted by Gasteiger charge is 2.24. The summed E-state index contributed by atoms with van der Waals surface area (Å²) in [5, 5.41) is 10.5. The Morgan fingerprint density at radius 1 is 1.27 bits per heavy atom. The lowest BCUT2D eigenvalue weighted by atomic mass is 9.84. The van der Waals surface area contributed by atoms with Crippen LogP contribution in [0.1, 0.15) is 57.6 Å². The van der Waals surface area contributed by atoms with E-state index in [0.29, 0.717) is 30.5 Å². The third kappa shape index (κ3) is 5.31. The maximum absolute atomic E-state index is 14.1. The van der Waals surface area contributed by atoms with Crippen LogP contribution in [0.5, 0.6) is 0 Å². The highest BCUT2D eigenvalue weighted by atomic mass is 19.1. The Hall–Kier alpha value is -2.37. The number of halogens is 1. The molecule has 2 rings (SSSR count). The molecule has 1 aromatic carbocycles. The number of aromatic nitrogens is 1. The monoisotopic (exact) mass is 360 g/mol. The number of aliphatic imine (C=N–C) groups is 1. The van der Waals surface area contributed by atoms with Crippen molar-refractivity contribution in [3.8, 4) is 0 Å². The molecule has 0 saturated carbocycles. The fourth-order valence-corrected chi connectivity index (χ4v) is 2.58. The van der Waals surface area contributed by atoms with E-state index in [1.54, 1.807) is 6.07 Å². The molecule has 26 heavy (non-hydrogen) atoms. The number of hydrogen-bond acceptors (Lipinski definition) is 3. The number of nitrogens with one attached hydrogen (secondary N) is 2. The second-order valence-electron chi connectivity index (χ2n) is 7.29. The zero-order valence-corrected chi connectivity index (χ0v) is 16.3. The van der Waals surface area contributed by atoms with Crippen molar-refractivity contribution in [2.45, 2.75) is 52.5 Å². The van der Waals surface area contributed by atoms with Crippen molar-refractivity contribution < 1.29 is 8.91 Å². The van der Waals surface area contributed by atoms with Crippen molar-refractivity contribution in [3.63, 3.8) is 0 Å². The van der Waals surface area contributed by atoms with Crippen LogP contribution >= 0.6 is 0 Å². The van der Waals surface area contributed by atoms with Gasteiger partial charge in [-0.05, 0) is 24.5 Å². The van der Waals surface area contributed by atoms with Crippen LogP contribution in [0, 0.1) is 5.82 Å². The normalized spacial score (nSPS) is 12.5. The summed E-state index contributed by atoms with van der Waals surface area (Å²) < 4.78 is 19.4. The van der Waals surface area contributed by atoms with Crippen LogP contribution in [0.15, 0.2) is 39.8 Å². The standard InChI is InChI=1S/C20H29FN4O/c1-6-22-19(23-12-15-11-18(14(2)3)25-26-15)24-13-20(4,5)16-9-7-8-10-17(16)21/h7-11,14H,6,12-13H2,1-5H3,(H2,22,23,24). The SMILES string of the molecule is CCNC(=NCc1cc(C(C)C)no1)NCC(C)(C)c1ccccc1F. The van der Waals surface area contributed by atoms with Crippen molar-refractivity contribution >= 4 is 5.96 Å². The number of hydrogen-bond donors (Lipinski definition) is 2. The molecule has 0 aliphatic carbocycles. The zero-order chi connectivity index (χ0) is 19.2. The van der Waals surface area contributed by atoms with E-state index in [1.165, 1.54) is 6.07 Å². The number of guanidine groups is 1. The quantitative estimate of drug-likeness (QED) is 0.579. The highest BCUT2D eigenvalue weighted by Crippen LogP contribution is 2.24. The Bertz CT molecular complexity index is 737. The Labute approximate surface area is 155 Å². The third-order valence-corrected chi connectivity index (χ3v) is 4.21. The maximum Gasteiger partial charge on any atom is 0.191 e. The van der Waals surface area contributed by atoms with Gasteiger partial charge in [0.1, 0.15) is 12.4 Å². The van der Waals surface area contributed by atoms with Gasteiger partial charge in [0, 0.05) is 24.6 Å². The smallest absolute Gasteiger partial charge is 0.191 e. The van der Waals surface area contributed by atoms with Crippen LogP contribution in [0.4, 0.5) is 4.39 Å². The molecule has 0 amide bonds.